The topological polar surface area (TPSA) is 122 Å². The van der Waals surface area contributed by atoms with Crippen molar-refractivity contribution in [3.63, 3.8) is 0 Å². The Bertz CT molecular complexity index is 541. The highest BCUT2D eigenvalue weighted by Crippen LogP contribution is 2.34. The fraction of sp³-hybridized carbons (Fsp3) is 0.300. The molecule has 0 fully saturated rings. The van der Waals surface area contributed by atoms with Crippen LogP contribution in [0.4, 0.5) is 11.4 Å². The van der Waals surface area contributed by atoms with Crippen LogP contribution >= 0.6 is 0 Å². The summed E-state index contributed by atoms with van der Waals surface area (Å²) in [5, 5.41) is 21.7. The summed E-state index contributed by atoms with van der Waals surface area (Å²) in [4.78, 5) is 31.5. The van der Waals surface area contributed by atoms with Gasteiger partial charge >= 0.3 is 11.7 Å². The van der Waals surface area contributed by atoms with E-state index in [2.05, 4.69) is 4.74 Å². The quantitative estimate of drug-likeness (QED) is 0.453. The Morgan fingerprint density at radius 1 is 1.21 bits per heavy atom. The first-order valence-electron chi connectivity index (χ1n) is 5.10. The van der Waals surface area contributed by atoms with Crippen molar-refractivity contribution in [2.24, 2.45) is 0 Å². The van der Waals surface area contributed by atoms with E-state index < -0.39 is 32.8 Å². The molecule has 0 aliphatic rings. The van der Waals surface area contributed by atoms with Gasteiger partial charge in [-0.25, -0.2) is 4.79 Å². The Morgan fingerprint density at radius 2 is 1.79 bits per heavy atom. The van der Waals surface area contributed by atoms with Crippen LogP contribution in [0.25, 0.3) is 0 Å². The highest BCUT2D eigenvalue weighted by molar-refractivity contribution is 5.95. The molecule has 1 aromatic carbocycles. The monoisotopic (exact) mass is 270 g/mol. The molecule has 0 heterocycles. The third-order valence-electron chi connectivity index (χ3n) is 2.18. The molecule has 0 spiro atoms. The third kappa shape index (κ3) is 2.94. The van der Waals surface area contributed by atoms with Gasteiger partial charge in [0, 0.05) is 6.07 Å². The number of nitrogens with zero attached hydrogens (tertiary/aromatic N) is 2. The standard InChI is InChI=1S/C10H10N2O7/c1-3-19-9-5-7(11(14)15)6(10(13)18-2)4-8(9)12(16)17/h4-5H,3H2,1-2H3. The average Bonchev–Trinajstić information content (AvgIpc) is 2.37. The minimum Gasteiger partial charge on any atom is -0.487 e. The number of nitro benzene ring substituents is 2. The van der Waals surface area contributed by atoms with Gasteiger partial charge in [-0.05, 0) is 6.92 Å². The molecule has 0 unspecified atom stereocenters. The van der Waals surface area contributed by atoms with Gasteiger partial charge in [-0.2, -0.15) is 0 Å². The maximum atomic E-state index is 11.4. The third-order valence-corrected chi connectivity index (χ3v) is 2.18. The smallest absolute Gasteiger partial charge is 0.345 e. The van der Waals surface area contributed by atoms with Crippen LogP contribution in [0, 0.1) is 20.2 Å². The SMILES string of the molecule is CCOc1cc([N+](=O)[O-])c(C(=O)OC)cc1[N+](=O)[O-]. The molecule has 19 heavy (non-hydrogen) atoms. The van der Waals surface area contributed by atoms with E-state index in [-0.39, 0.29) is 12.4 Å². The van der Waals surface area contributed by atoms with Crippen LogP contribution in [-0.4, -0.2) is 29.5 Å². The van der Waals surface area contributed by atoms with Crippen LogP contribution in [0.15, 0.2) is 12.1 Å². The van der Waals surface area contributed by atoms with Crippen molar-refractivity contribution in [2.75, 3.05) is 13.7 Å². The number of benzene rings is 1. The highest BCUT2D eigenvalue weighted by Gasteiger charge is 2.29. The molecule has 0 radical (unpaired) electrons. The summed E-state index contributed by atoms with van der Waals surface area (Å²) in [7, 11) is 1.02. The maximum Gasteiger partial charge on any atom is 0.345 e. The van der Waals surface area contributed by atoms with Gasteiger partial charge in [0.1, 0.15) is 5.56 Å². The molecule has 0 atom stereocenters. The van der Waals surface area contributed by atoms with Crippen molar-refractivity contribution in [3.8, 4) is 5.75 Å². The minimum atomic E-state index is -1.03. The van der Waals surface area contributed by atoms with Gasteiger partial charge in [-0.1, -0.05) is 0 Å². The van der Waals surface area contributed by atoms with Gasteiger partial charge in [0.25, 0.3) is 5.69 Å². The molecule has 0 aromatic heterocycles. The predicted octanol–water partition coefficient (Wildman–Crippen LogP) is 1.69. The molecule has 1 aromatic rings. The summed E-state index contributed by atoms with van der Waals surface area (Å²) in [5.41, 5.74) is -1.64. The van der Waals surface area contributed by atoms with E-state index in [1.807, 2.05) is 0 Å². The Balaban J connectivity index is 3.54. The van der Waals surface area contributed by atoms with Crippen molar-refractivity contribution in [3.05, 3.63) is 37.9 Å². The molecule has 1 rings (SSSR count). The molecule has 0 aliphatic heterocycles. The van der Waals surface area contributed by atoms with Crippen molar-refractivity contribution >= 4 is 17.3 Å². The first-order valence-corrected chi connectivity index (χ1v) is 5.10. The Morgan fingerprint density at radius 3 is 2.21 bits per heavy atom. The lowest BCUT2D eigenvalue weighted by atomic mass is 10.1. The molecule has 0 saturated heterocycles. The summed E-state index contributed by atoms with van der Waals surface area (Å²) in [6.07, 6.45) is 0. The van der Waals surface area contributed by atoms with E-state index in [0.717, 1.165) is 19.2 Å². The maximum absolute atomic E-state index is 11.4. The summed E-state index contributed by atoms with van der Waals surface area (Å²) < 4.78 is 9.31. The number of esters is 1. The summed E-state index contributed by atoms with van der Waals surface area (Å²) in [6, 6.07) is 1.61. The van der Waals surface area contributed by atoms with E-state index in [4.69, 9.17) is 4.74 Å². The lowest BCUT2D eigenvalue weighted by Crippen LogP contribution is -2.08. The van der Waals surface area contributed by atoms with E-state index in [1.54, 1.807) is 6.92 Å². The van der Waals surface area contributed by atoms with Crippen molar-refractivity contribution in [1.82, 2.24) is 0 Å². The zero-order valence-corrected chi connectivity index (χ0v) is 10.1. The lowest BCUT2D eigenvalue weighted by Gasteiger charge is -2.06. The second-order valence-corrected chi connectivity index (χ2v) is 3.28. The summed E-state index contributed by atoms with van der Waals surface area (Å²) in [5.74, 6) is -1.30. The number of ether oxygens (including phenoxy) is 2. The number of hydrogen-bond acceptors (Lipinski definition) is 7. The Labute approximate surface area is 107 Å². The highest BCUT2D eigenvalue weighted by atomic mass is 16.6. The van der Waals surface area contributed by atoms with Crippen molar-refractivity contribution in [2.45, 2.75) is 6.92 Å². The van der Waals surface area contributed by atoms with Crippen LogP contribution in [0.2, 0.25) is 0 Å². The molecule has 0 aliphatic carbocycles. The van der Waals surface area contributed by atoms with Gasteiger partial charge in [-0.15, -0.1) is 0 Å². The first-order chi connectivity index (χ1) is 8.92. The second kappa shape index (κ2) is 5.76. The fourth-order valence-corrected chi connectivity index (χ4v) is 1.40. The van der Waals surface area contributed by atoms with Gasteiger partial charge in [0.05, 0.1) is 29.6 Å². The molecule has 0 amide bonds. The molecular weight excluding hydrogens is 260 g/mol. The minimum absolute atomic E-state index is 0.0928. The van der Waals surface area contributed by atoms with Gasteiger partial charge < -0.3 is 9.47 Å². The summed E-state index contributed by atoms with van der Waals surface area (Å²) in [6.45, 7) is 1.67. The Kier molecular flexibility index (Phi) is 4.35. The van der Waals surface area contributed by atoms with E-state index >= 15 is 0 Å². The number of methoxy groups -OCH3 is 1. The number of hydrogen-bond donors (Lipinski definition) is 0. The van der Waals surface area contributed by atoms with Crippen LogP contribution in [0.5, 0.6) is 5.75 Å². The van der Waals surface area contributed by atoms with Crippen LogP contribution in [0.3, 0.4) is 0 Å². The number of rotatable bonds is 5. The van der Waals surface area contributed by atoms with Crippen molar-refractivity contribution in [1.29, 1.82) is 0 Å². The number of carbonyl (C=O) groups excluding carboxylic acids is 1. The molecule has 9 nitrogen and oxygen atoms in total. The zero-order valence-electron chi connectivity index (χ0n) is 10.1. The largest absolute Gasteiger partial charge is 0.487 e. The molecule has 9 heteroatoms. The van der Waals surface area contributed by atoms with Crippen LogP contribution < -0.4 is 4.74 Å². The van der Waals surface area contributed by atoms with Gasteiger partial charge in [-0.3, -0.25) is 20.2 Å². The van der Waals surface area contributed by atoms with Crippen LogP contribution in [0.1, 0.15) is 17.3 Å². The number of carbonyl (C=O) groups is 1. The predicted molar refractivity (Wildman–Crippen MR) is 62.3 cm³/mol. The van der Waals surface area contributed by atoms with E-state index in [9.17, 15) is 25.0 Å². The van der Waals surface area contributed by atoms with E-state index in [0.29, 0.717) is 0 Å². The molecule has 0 bridgehead atoms. The van der Waals surface area contributed by atoms with Gasteiger partial charge in [0.15, 0.2) is 0 Å². The van der Waals surface area contributed by atoms with Gasteiger partial charge in [0.2, 0.25) is 5.75 Å². The summed E-state index contributed by atoms with van der Waals surface area (Å²) >= 11 is 0. The normalized spacial score (nSPS) is 9.79. The molecule has 0 saturated carbocycles. The molecular formula is C10H10N2O7. The Hall–Kier alpha value is -2.71. The zero-order chi connectivity index (χ0) is 14.6. The fourth-order valence-electron chi connectivity index (χ4n) is 1.40. The molecule has 0 N–H and O–H groups in total. The first kappa shape index (κ1) is 14.4. The number of nitro groups is 2. The molecule has 102 valence electrons. The lowest BCUT2D eigenvalue weighted by molar-refractivity contribution is -0.390. The van der Waals surface area contributed by atoms with Crippen molar-refractivity contribution < 1.29 is 24.1 Å². The van der Waals surface area contributed by atoms with Crippen LogP contribution in [-0.2, 0) is 4.74 Å². The average molecular weight is 270 g/mol. The van der Waals surface area contributed by atoms with E-state index in [1.165, 1.54) is 0 Å². The second-order valence-electron chi connectivity index (χ2n) is 3.28.